The minimum atomic E-state index is -1.34. The van der Waals surface area contributed by atoms with Gasteiger partial charge in [0.25, 0.3) is 0 Å². The molecule has 0 saturated heterocycles. The van der Waals surface area contributed by atoms with Crippen molar-refractivity contribution in [3.05, 3.63) is 10.7 Å². The van der Waals surface area contributed by atoms with Crippen molar-refractivity contribution in [2.45, 2.75) is 47.0 Å². The van der Waals surface area contributed by atoms with Crippen molar-refractivity contribution < 1.29 is 14.5 Å². The quantitative estimate of drug-likeness (QED) is 0.789. The Morgan fingerprint density at radius 3 is 2.47 bits per heavy atom. The summed E-state index contributed by atoms with van der Waals surface area (Å²) in [6, 6.07) is 0. The number of ketones is 1. The van der Waals surface area contributed by atoms with E-state index in [2.05, 4.69) is 13.8 Å². The van der Waals surface area contributed by atoms with Crippen LogP contribution in [-0.2, 0) is 16.0 Å². The van der Waals surface area contributed by atoms with Crippen molar-refractivity contribution in [1.82, 2.24) is 0 Å². The summed E-state index contributed by atoms with van der Waals surface area (Å²) in [6.07, 6.45) is 1.63. The average molecular weight is 258 g/mol. The summed E-state index contributed by atoms with van der Waals surface area (Å²) in [6.45, 7) is 7.98. The van der Waals surface area contributed by atoms with Crippen LogP contribution in [0.3, 0.4) is 0 Å². The first-order valence-electron chi connectivity index (χ1n) is 6.06. The molecule has 98 valence electrons. The second-order valence-electron chi connectivity index (χ2n) is 5.95. The van der Waals surface area contributed by atoms with Crippen LogP contribution < -0.4 is 0 Å². The third-order valence-electron chi connectivity index (χ3n) is 2.91. The summed E-state index contributed by atoms with van der Waals surface area (Å²) >= 11 is -1.34. The van der Waals surface area contributed by atoms with Gasteiger partial charge in [0.1, 0.15) is 5.75 Å². The lowest BCUT2D eigenvalue weighted by Crippen LogP contribution is -2.30. The number of aliphatic hydroxyl groups is 1. The van der Waals surface area contributed by atoms with Gasteiger partial charge in [-0.2, -0.15) is 0 Å². The number of hydrogen-bond donors (Lipinski definition) is 1. The van der Waals surface area contributed by atoms with E-state index < -0.39 is 11.2 Å². The lowest BCUT2D eigenvalue weighted by molar-refractivity contribution is -0.117. The number of aliphatic hydroxyl groups excluding tert-OH is 1. The van der Waals surface area contributed by atoms with E-state index >= 15 is 0 Å². The van der Waals surface area contributed by atoms with Crippen molar-refractivity contribution in [2.75, 3.05) is 5.75 Å². The van der Waals surface area contributed by atoms with Crippen LogP contribution in [0.15, 0.2) is 10.7 Å². The second-order valence-corrected chi connectivity index (χ2v) is 7.46. The first-order chi connectivity index (χ1) is 7.73. The van der Waals surface area contributed by atoms with Gasteiger partial charge in [-0.05, 0) is 28.9 Å². The summed E-state index contributed by atoms with van der Waals surface area (Å²) in [4.78, 5) is 12.1. The molecule has 1 rings (SSSR count). The van der Waals surface area contributed by atoms with Crippen molar-refractivity contribution in [3.8, 4) is 0 Å². The molecule has 0 aliphatic heterocycles. The number of Topliss-reactive ketones (excluding diaryl/α,β-unsaturated/α-hetero) is 1. The van der Waals surface area contributed by atoms with Crippen LogP contribution in [0, 0.1) is 11.3 Å². The molecule has 1 atom stereocenters. The summed E-state index contributed by atoms with van der Waals surface area (Å²) in [5.74, 6) is 0.800. The van der Waals surface area contributed by atoms with Gasteiger partial charge in [0.2, 0.25) is 10.7 Å². The second kappa shape index (κ2) is 5.44. The van der Waals surface area contributed by atoms with Crippen molar-refractivity contribution in [2.24, 2.45) is 11.3 Å². The van der Waals surface area contributed by atoms with E-state index in [1.807, 2.05) is 13.8 Å². The lowest BCUT2D eigenvalue weighted by Gasteiger charge is -2.29. The molecule has 17 heavy (non-hydrogen) atoms. The highest BCUT2D eigenvalue weighted by Crippen LogP contribution is 2.37. The maximum absolute atomic E-state index is 12.0. The number of carbonyl (C=O) groups excluding carboxylic acids is 1. The molecule has 0 heterocycles. The third kappa shape index (κ3) is 4.03. The number of carbonyl (C=O) groups is 1. The fourth-order valence-corrected chi connectivity index (χ4v) is 3.53. The molecule has 1 aliphatic rings. The number of allylic oxidation sites excluding steroid dienone is 2. The maximum atomic E-state index is 12.0. The highest BCUT2D eigenvalue weighted by molar-refractivity contribution is 7.96. The van der Waals surface area contributed by atoms with Crippen molar-refractivity contribution >= 4 is 17.0 Å². The van der Waals surface area contributed by atoms with Gasteiger partial charge in [-0.1, -0.05) is 27.7 Å². The molecule has 0 bridgehead atoms. The summed E-state index contributed by atoms with van der Waals surface area (Å²) in [5, 5.41) is 9.88. The largest absolute Gasteiger partial charge is 0.611 e. The van der Waals surface area contributed by atoms with E-state index in [1.54, 1.807) is 0 Å². The van der Waals surface area contributed by atoms with Gasteiger partial charge in [-0.15, -0.1) is 0 Å². The summed E-state index contributed by atoms with van der Waals surface area (Å²) in [7, 11) is 0. The van der Waals surface area contributed by atoms with Crippen LogP contribution in [-0.4, -0.2) is 21.2 Å². The molecule has 3 nitrogen and oxygen atoms in total. The van der Waals surface area contributed by atoms with Crippen LogP contribution in [0.2, 0.25) is 0 Å². The van der Waals surface area contributed by atoms with Gasteiger partial charge in [0, 0.05) is 12.8 Å². The normalized spacial score (nSPS) is 22.1. The lowest BCUT2D eigenvalue weighted by atomic mass is 9.79. The van der Waals surface area contributed by atoms with E-state index in [1.165, 1.54) is 0 Å². The molecular formula is C13H22O3S. The predicted molar refractivity (Wildman–Crippen MR) is 70.1 cm³/mol. The molecule has 4 heteroatoms. The minimum Gasteiger partial charge on any atom is -0.611 e. The SMILES string of the molecule is CC(C)CC[S+]([O-])C1=C(O)CC(C)(C)CC1=O. The van der Waals surface area contributed by atoms with E-state index in [0.717, 1.165) is 6.42 Å². The van der Waals surface area contributed by atoms with Gasteiger partial charge in [0.05, 0.1) is 0 Å². The molecule has 0 radical (unpaired) electrons. The van der Waals surface area contributed by atoms with E-state index in [9.17, 15) is 14.5 Å². The molecule has 0 spiro atoms. The number of hydrogen-bond acceptors (Lipinski definition) is 3. The molecule has 1 unspecified atom stereocenters. The van der Waals surface area contributed by atoms with Crippen LogP contribution in [0.4, 0.5) is 0 Å². The van der Waals surface area contributed by atoms with Gasteiger partial charge < -0.3 is 9.66 Å². The first kappa shape index (κ1) is 14.6. The van der Waals surface area contributed by atoms with Gasteiger partial charge in [-0.25, -0.2) is 0 Å². The predicted octanol–water partition coefficient (Wildman–Crippen LogP) is 2.94. The minimum absolute atomic E-state index is 0.0355. The smallest absolute Gasteiger partial charge is 0.232 e. The van der Waals surface area contributed by atoms with Crippen molar-refractivity contribution in [1.29, 1.82) is 0 Å². The monoisotopic (exact) mass is 258 g/mol. The Morgan fingerprint density at radius 1 is 1.41 bits per heavy atom. The third-order valence-corrected chi connectivity index (χ3v) is 4.43. The highest BCUT2D eigenvalue weighted by Gasteiger charge is 2.39. The zero-order valence-electron chi connectivity index (χ0n) is 11.1. The average Bonchev–Trinajstić information content (AvgIpc) is 2.11. The molecule has 0 saturated carbocycles. The highest BCUT2D eigenvalue weighted by atomic mass is 32.2. The first-order valence-corrected chi connectivity index (χ1v) is 7.38. The number of rotatable bonds is 4. The zero-order valence-corrected chi connectivity index (χ0v) is 11.9. The fraction of sp³-hybridized carbons (Fsp3) is 0.769. The Hall–Kier alpha value is -0.480. The van der Waals surface area contributed by atoms with E-state index in [4.69, 9.17) is 0 Å². The Kier molecular flexibility index (Phi) is 4.67. The molecule has 0 amide bonds. The Bertz CT molecular complexity index is 332. The van der Waals surface area contributed by atoms with Gasteiger partial charge >= 0.3 is 0 Å². The maximum Gasteiger partial charge on any atom is 0.232 e. The molecule has 1 N–H and O–H groups in total. The molecular weight excluding hydrogens is 236 g/mol. The molecule has 1 aliphatic carbocycles. The topological polar surface area (TPSA) is 60.4 Å². The zero-order chi connectivity index (χ0) is 13.2. The van der Waals surface area contributed by atoms with Crippen LogP contribution >= 0.6 is 0 Å². The van der Waals surface area contributed by atoms with Crippen LogP contribution in [0.1, 0.15) is 47.0 Å². The molecule has 0 fully saturated rings. The van der Waals surface area contributed by atoms with E-state index in [-0.39, 0.29) is 21.9 Å². The Labute approximate surface area is 106 Å². The summed E-state index contributed by atoms with van der Waals surface area (Å²) in [5.41, 5.74) is -0.215. The standard InChI is InChI=1S/C13H22O3S/c1-9(2)5-6-17(16)12-10(14)7-13(3,4)8-11(12)15/h9,14H,5-8H2,1-4H3. The van der Waals surface area contributed by atoms with Gasteiger partial charge in [-0.3, -0.25) is 4.79 Å². The Balaban J connectivity index is 2.78. The van der Waals surface area contributed by atoms with Crippen LogP contribution in [0.5, 0.6) is 0 Å². The molecule has 0 aromatic heterocycles. The fourth-order valence-electron chi connectivity index (χ4n) is 1.98. The van der Waals surface area contributed by atoms with E-state index in [0.29, 0.717) is 24.5 Å². The molecule has 0 aromatic carbocycles. The Morgan fingerprint density at radius 2 is 2.00 bits per heavy atom. The van der Waals surface area contributed by atoms with Crippen LogP contribution in [0.25, 0.3) is 0 Å². The molecule has 0 aromatic rings. The summed E-state index contributed by atoms with van der Waals surface area (Å²) < 4.78 is 12.0. The van der Waals surface area contributed by atoms with Crippen molar-refractivity contribution in [3.63, 3.8) is 0 Å². The van der Waals surface area contributed by atoms with Gasteiger partial charge in [0.15, 0.2) is 5.76 Å².